The SMILES string of the molecule is Cl[C]1(Cl)[CH2][Zr]1([CH]1CCC2C=CC=CC21)[CH]1CCC2C=CC=CC21. The van der Waals surface area contributed by atoms with Gasteiger partial charge in [-0.3, -0.25) is 0 Å². The molecule has 0 aromatic carbocycles. The molecular weight excluding hydrogens is 402 g/mol. The van der Waals surface area contributed by atoms with Crippen molar-refractivity contribution < 1.29 is 20.3 Å². The van der Waals surface area contributed by atoms with Crippen LogP contribution in [0.15, 0.2) is 48.6 Å². The van der Waals surface area contributed by atoms with Crippen LogP contribution in [-0.4, -0.2) is 2.04 Å². The molecule has 1 heterocycles. The predicted octanol–water partition coefficient (Wildman–Crippen LogP) is 6.59. The van der Waals surface area contributed by atoms with Crippen molar-refractivity contribution in [3.8, 4) is 0 Å². The molecule has 4 aliphatic carbocycles. The van der Waals surface area contributed by atoms with Gasteiger partial charge in [0.05, 0.1) is 0 Å². The van der Waals surface area contributed by atoms with E-state index in [1.165, 1.54) is 29.8 Å². The standard InChI is InChI=1S/2C9H11.C2H2Cl2.Zr/c2*1-2-5-9-7-3-6-8(9)4-1;1-2(3)4;/h2*1-2,4-6,8-9H,3,7H2;1H2;. The number of hydrogen-bond acceptors (Lipinski definition) is 0. The van der Waals surface area contributed by atoms with Gasteiger partial charge in [0.1, 0.15) is 0 Å². The minimum atomic E-state index is -2.60. The zero-order valence-electron chi connectivity index (χ0n) is 13.4. The van der Waals surface area contributed by atoms with Crippen molar-refractivity contribution in [1.82, 2.24) is 0 Å². The number of alkyl halides is 2. The minimum absolute atomic E-state index is 0.294. The molecule has 5 aliphatic rings. The van der Waals surface area contributed by atoms with E-state index in [1.54, 1.807) is 0 Å². The van der Waals surface area contributed by atoms with Crippen molar-refractivity contribution in [1.29, 1.82) is 0 Å². The van der Waals surface area contributed by atoms with Crippen LogP contribution in [0.4, 0.5) is 0 Å². The summed E-state index contributed by atoms with van der Waals surface area (Å²) in [5.41, 5.74) is 0. The molecule has 0 spiro atoms. The Morgan fingerprint density at radius 2 is 1.13 bits per heavy atom. The number of rotatable bonds is 2. The molecular formula is C20H24Cl2Zr. The Balaban J connectivity index is 1.51. The maximum absolute atomic E-state index is 6.96. The molecule has 0 nitrogen and oxygen atoms in total. The van der Waals surface area contributed by atoms with Crippen molar-refractivity contribution in [3.63, 3.8) is 0 Å². The summed E-state index contributed by atoms with van der Waals surface area (Å²) in [4.78, 5) is 0. The van der Waals surface area contributed by atoms with Crippen molar-refractivity contribution in [3.05, 3.63) is 48.6 Å². The molecule has 122 valence electrons. The van der Waals surface area contributed by atoms with Crippen LogP contribution in [0, 0.1) is 23.7 Å². The van der Waals surface area contributed by atoms with E-state index in [2.05, 4.69) is 48.6 Å². The van der Waals surface area contributed by atoms with Crippen LogP contribution in [0.3, 0.4) is 0 Å². The van der Waals surface area contributed by atoms with E-state index in [-0.39, 0.29) is 2.04 Å². The molecule has 0 radical (unpaired) electrons. The van der Waals surface area contributed by atoms with Gasteiger partial charge in [0.25, 0.3) is 0 Å². The van der Waals surface area contributed by atoms with Gasteiger partial charge in [-0.2, -0.15) is 0 Å². The van der Waals surface area contributed by atoms with Crippen LogP contribution in [0.5, 0.6) is 0 Å². The van der Waals surface area contributed by atoms with Gasteiger partial charge in [-0.05, 0) is 0 Å². The predicted molar refractivity (Wildman–Crippen MR) is 95.7 cm³/mol. The van der Waals surface area contributed by atoms with Gasteiger partial charge in [0.2, 0.25) is 0 Å². The first-order valence-corrected chi connectivity index (χ1v) is 15.8. The third kappa shape index (κ3) is 2.19. The Hall–Kier alpha value is 0.423. The molecule has 5 rings (SSSR count). The maximum atomic E-state index is 6.96. The third-order valence-corrected chi connectivity index (χ3v) is 28.4. The van der Waals surface area contributed by atoms with Gasteiger partial charge in [0, 0.05) is 0 Å². The number of allylic oxidation sites excluding steroid dienone is 8. The Kier molecular flexibility index (Phi) is 3.72. The Labute approximate surface area is 154 Å². The Morgan fingerprint density at radius 3 is 1.57 bits per heavy atom. The zero-order valence-corrected chi connectivity index (χ0v) is 17.3. The van der Waals surface area contributed by atoms with E-state index in [9.17, 15) is 0 Å². The van der Waals surface area contributed by atoms with E-state index >= 15 is 0 Å². The summed E-state index contributed by atoms with van der Waals surface area (Å²) in [5, 5.41) is 0. The normalized spacial score (nSPS) is 51.7. The second-order valence-electron chi connectivity index (χ2n) is 8.31. The summed E-state index contributed by atoms with van der Waals surface area (Å²) in [5.74, 6) is 3.03. The monoisotopic (exact) mass is 424 g/mol. The van der Waals surface area contributed by atoms with Gasteiger partial charge in [-0.15, -0.1) is 0 Å². The Bertz CT molecular complexity index is 586. The van der Waals surface area contributed by atoms with Crippen molar-refractivity contribution >= 4 is 23.2 Å². The summed E-state index contributed by atoms with van der Waals surface area (Å²) in [7, 11) is 0. The van der Waals surface area contributed by atoms with Crippen LogP contribution >= 0.6 is 23.2 Å². The van der Waals surface area contributed by atoms with Crippen LogP contribution in [0.25, 0.3) is 0 Å². The molecule has 0 aromatic heterocycles. The molecule has 0 bridgehead atoms. The Morgan fingerprint density at radius 1 is 0.696 bits per heavy atom. The van der Waals surface area contributed by atoms with Crippen LogP contribution in [0.2, 0.25) is 11.4 Å². The molecule has 0 amide bonds. The fraction of sp³-hybridized carbons (Fsp3) is 0.600. The molecule has 23 heavy (non-hydrogen) atoms. The third-order valence-electron chi connectivity index (χ3n) is 7.54. The number of hydrogen-bond donors (Lipinski definition) is 0. The van der Waals surface area contributed by atoms with Crippen molar-refractivity contribution in [2.75, 3.05) is 0 Å². The summed E-state index contributed by atoms with van der Waals surface area (Å²) in [6.45, 7) is 0. The van der Waals surface area contributed by atoms with Crippen LogP contribution in [0.1, 0.15) is 25.7 Å². The second-order valence-corrected chi connectivity index (χ2v) is 23.1. The molecule has 1 saturated heterocycles. The van der Waals surface area contributed by atoms with Crippen molar-refractivity contribution in [2.45, 2.75) is 39.1 Å². The van der Waals surface area contributed by atoms with E-state index in [4.69, 9.17) is 23.2 Å². The molecule has 2 saturated carbocycles. The second kappa shape index (κ2) is 5.46. The molecule has 3 heteroatoms. The van der Waals surface area contributed by atoms with E-state index < -0.39 is 20.3 Å². The zero-order chi connectivity index (χ0) is 15.7. The summed E-state index contributed by atoms with van der Waals surface area (Å²) >= 11 is 11.3. The first-order chi connectivity index (χ1) is 11.1. The molecule has 6 atom stereocenters. The summed E-state index contributed by atoms with van der Waals surface area (Å²) < 4.78 is 2.65. The van der Waals surface area contributed by atoms with Gasteiger partial charge in [-0.1, -0.05) is 0 Å². The van der Waals surface area contributed by atoms with E-state index in [0.717, 1.165) is 30.9 Å². The van der Waals surface area contributed by atoms with E-state index in [0.29, 0.717) is 0 Å². The fourth-order valence-corrected chi connectivity index (χ4v) is 30.8. The fourth-order valence-electron chi connectivity index (χ4n) is 6.52. The van der Waals surface area contributed by atoms with Gasteiger partial charge in [-0.25, -0.2) is 0 Å². The molecule has 6 unspecified atom stereocenters. The summed E-state index contributed by atoms with van der Waals surface area (Å²) in [6, 6.07) is 0. The van der Waals surface area contributed by atoms with Gasteiger partial charge >= 0.3 is 155 Å². The van der Waals surface area contributed by atoms with Gasteiger partial charge < -0.3 is 0 Å². The average Bonchev–Trinajstić information content (AvgIpc) is 2.95. The molecule has 0 N–H and O–H groups in total. The number of halogens is 2. The number of fused-ring (bicyclic) bond motifs is 2. The first-order valence-electron chi connectivity index (χ1n) is 9.21. The van der Waals surface area contributed by atoms with Gasteiger partial charge in [0.15, 0.2) is 0 Å². The molecule has 0 aromatic rings. The molecule has 1 aliphatic heterocycles. The van der Waals surface area contributed by atoms with E-state index in [1.807, 2.05) is 0 Å². The average molecular weight is 427 g/mol. The first kappa shape index (κ1) is 15.7. The van der Waals surface area contributed by atoms with Crippen LogP contribution in [-0.2, 0) is 20.3 Å². The molecule has 3 fully saturated rings. The quantitative estimate of drug-likeness (QED) is 0.437. The topological polar surface area (TPSA) is 0 Å². The van der Waals surface area contributed by atoms with Crippen molar-refractivity contribution in [2.24, 2.45) is 23.7 Å². The summed E-state index contributed by atoms with van der Waals surface area (Å²) in [6.07, 6.45) is 24.4. The van der Waals surface area contributed by atoms with Crippen LogP contribution < -0.4 is 0 Å².